The Morgan fingerprint density at radius 1 is 1.53 bits per heavy atom. The van der Waals surface area contributed by atoms with Gasteiger partial charge < -0.3 is 10.1 Å². The summed E-state index contributed by atoms with van der Waals surface area (Å²) >= 11 is 4.93. The molecule has 0 spiro atoms. The average molecular weight is 291 g/mol. The molecule has 1 aromatic rings. The minimum atomic E-state index is 0.509. The van der Waals surface area contributed by atoms with Crippen LogP contribution in [0.5, 0.6) is 0 Å². The van der Waals surface area contributed by atoms with Crippen LogP contribution >= 0.6 is 27.3 Å². The number of halogens is 1. The minimum absolute atomic E-state index is 0.509. The number of hydrogen-bond acceptors (Lipinski definition) is 4. The van der Waals surface area contributed by atoms with Gasteiger partial charge in [0.1, 0.15) is 4.60 Å². The fraction of sp³-hybridized carbons (Fsp3) is 0.700. The zero-order valence-corrected chi connectivity index (χ0v) is 10.9. The van der Waals surface area contributed by atoms with Gasteiger partial charge in [-0.25, -0.2) is 4.98 Å². The Labute approximate surface area is 102 Å². The second kappa shape index (κ2) is 5.82. The predicted molar refractivity (Wildman–Crippen MR) is 66.5 cm³/mol. The number of rotatable bonds is 5. The number of aromatic nitrogens is 1. The molecule has 0 saturated heterocycles. The maximum Gasteiger partial charge on any atom is 0.183 e. The van der Waals surface area contributed by atoms with Crippen molar-refractivity contribution in [3.63, 3.8) is 0 Å². The Hall–Kier alpha value is -0.130. The summed E-state index contributed by atoms with van der Waals surface area (Å²) in [4.78, 5) is 4.25. The molecule has 84 valence electrons. The molecule has 3 nitrogen and oxygen atoms in total. The van der Waals surface area contributed by atoms with Crippen molar-refractivity contribution in [2.75, 3.05) is 18.5 Å². The van der Waals surface area contributed by atoms with E-state index in [1.165, 1.54) is 25.7 Å². The lowest BCUT2D eigenvalue weighted by molar-refractivity contribution is 0.0659. The zero-order chi connectivity index (χ0) is 10.5. The van der Waals surface area contributed by atoms with Crippen LogP contribution in [0.1, 0.15) is 25.7 Å². The molecule has 1 aliphatic carbocycles. The van der Waals surface area contributed by atoms with Crippen molar-refractivity contribution in [2.45, 2.75) is 31.8 Å². The van der Waals surface area contributed by atoms with Crippen LogP contribution in [0.2, 0.25) is 0 Å². The fourth-order valence-electron chi connectivity index (χ4n) is 1.77. The van der Waals surface area contributed by atoms with Crippen molar-refractivity contribution >= 4 is 32.4 Å². The average Bonchev–Trinajstić information content (AvgIpc) is 2.84. The van der Waals surface area contributed by atoms with Gasteiger partial charge in [-0.05, 0) is 28.8 Å². The van der Waals surface area contributed by atoms with Gasteiger partial charge in [0.05, 0.1) is 12.7 Å². The third-order valence-electron chi connectivity index (χ3n) is 2.51. The largest absolute Gasteiger partial charge is 0.376 e. The van der Waals surface area contributed by atoms with Crippen molar-refractivity contribution in [3.8, 4) is 0 Å². The number of thiazole rings is 1. The summed E-state index contributed by atoms with van der Waals surface area (Å²) in [6.07, 6.45) is 5.65. The van der Waals surface area contributed by atoms with E-state index in [2.05, 4.69) is 26.2 Å². The lowest BCUT2D eigenvalue weighted by Crippen LogP contribution is -2.15. The second-order valence-corrected chi connectivity index (χ2v) is 5.35. The van der Waals surface area contributed by atoms with E-state index in [1.807, 2.05) is 5.38 Å². The van der Waals surface area contributed by atoms with E-state index in [4.69, 9.17) is 4.74 Å². The Bertz CT molecular complexity index is 299. The van der Waals surface area contributed by atoms with Gasteiger partial charge >= 0.3 is 0 Å². The van der Waals surface area contributed by atoms with Crippen LogP contribution in [0.25, 0.3) is 0 Å². The van der Waals surface area contributed by atoms with Gasteiger partial charge in [0.15, 0.2) is 5.13 Å². The SMILES string of the molecule is Brc1csc(NCCOC2CCCC2)n1. The summed E-state index contributed by atoms with van der Waals surface area (Å²) in [7, 11) is 0. The van der Waals surface area contributed by atoms with E-state index in [9.17, 15) is 0 Å². The first-order valence-corrected chi connectivity index (χ1v) is 6.98. The molecule has 1 aliphatic rings. The van der Waals surface area contributed by atoms with Crippen LogP contribution in [0, 0.1) is 0 Å². The number of nitrogens with zero attached hydrogens (tertiary/aromatic N) is 1. The highest BCUT2D eigenvalue weighted by atomic mass is 79.9. The highest BCUT2D eigenvalue weighted by Gasteiger charge is 2.14. The summed E-state index contributed by atoms with van der Waals surface area (Å²) in [6.45, 7) is 1.62. The van der Waals surface area contributed by atoms with Crippen molar-refractivity contribution in [2.24, 2.45) is 0 Å². The molecule has 0 bridgehead atoms. The van der Waals surface area contributed by atoms with Gasteiger partial charge in [-0.1, -0.05) is 12.8 Å². The predicted octanol–water partition coefficient (Wildman–Crippen LogP) is 3.28. The van der Waals surface area contributed by atoms with E-state index in [0.717, 1.165) is 22.9 Å². The van der Waals surface area contributed by atoms with Gasteiger partial charge in [0, 0.05) is 11.9 Å². The summed E-state index contributed by atoms with van der Waals surface area (Å²) in [5.41, 5.74) is 0. The number of anilines is 1. The van der Waals surface area contributed by atoms with Crippen LogP contribution < -0.4 is 5.32 Å². The lowest BCUT2D eigenvalue weighted by Gasteiger charge is -2.10. The molecule has 0 atom stereocenters. The van der Waals surface area contributed by atoms with Crippen LogP contribution in [0.4, 0.5) is 5.13 Å². The minimum Gasteiger partial charge on any atom is -0.376 e. The Balaban J connectivity index is 1.58. The Morgan fingerprint density at radius 2 is 2.33 bits per heavy atom. The summed E-state index contributed by atoms with van der Waals surface area (Å²) < 4.78 is 6.63. The van der Waals surface area contributed by atoms with E-state index < -0.39 is 0 Å². The molecule has 1 fully saturated rings. The molecule has 0 aromatic carbocycles. The molecule has 0 unspecified atom stereocenters. The van der Waals surface area contributed by atoms with E-state index in [0.29, 0.717) is 6.10 Å². The Morgan fingerprint density at radius 3 is 3.00 bits per heavy atom. The van der Waals surface area contributed by atoms with E-state index in [1.54, 1.807) is 11.3 Å². The monoisotopic (exact) mass is 290 g/mol. The van der Waals surface area contributed by atoms with Gasteiger partial charge in [-0.2, -0.15) is 0 Å². The molecule has 1 saturated carbocycles. The molecule has 0 aliphatic heterocycles. The summed E-state index contributed by atoms with van der Waals surface area (Å²) in [5.74, 6) is 0. The highest BCUT2D eigenvalue weighted by molar-refractivity contribution is 9.10. The third-order valence-corrected chi connectivity index (χ3v) is 4.02. The molecule has 15 heavy (non-hydrogen) atoms. The van der Waals surface area contributed by atoms with Crippen LogP contribution in [-0.2, 0) is 4.74 Å². The third kappa shape index (κ3) is 3.74. The quantitative estimate of drug-likeness (QED) is 0.845. The van der Waals surface area contributed by atoms with Crippen molar-refractivity contribution in [1.82, 2.24) is 4.98 Å². The van der Waals surface area contributed by atoms with Gasteiger partial charge in [0.25, 0.3) is 0 Å². The molecule has 0 radical (unpaired) electrons. The summed E-state index contributed by atoms with van der Waals surface area (Å²) in [6, 6.07) is 0. The first kappa shape index (κ1) is 11.4. The summed E-state index contributed by atoms with van der Waals surface area (Å²) in [5, 5.41) is 6.17. The van der Waals surface area contributed by atoms with Gasteiger partial charge in [0.2, 0.25) is 0 Å². The van der Waals surface area contributed by atoms with E-state index >= 15 is 0 Å². The molecular weight excluding hydrogens is 276 g/mol. The molecule has 0 amide bonds. The molecular formula is C10H15BrN2OS. The normalized spacial score (nSPS) is 17.1. The molecule has 5 heteroatoms. The molecule has 1 heterocycles. The maximum absolute atomic E-state index is 5.73. The smallest absolute Gasteiger partial charge is 0.183 e. The van der Waals surface area contributed by atoms with Gasteiger partial charge in [-0.3, -0.25) is 0 Å². The number of ether oxygens (including phenoxy) is 1. The highest BCUT2D eigenvalue weighted by Crippen LogP contribution is 2.21. The van der Waals surface area contributed by atoms with Gasteiger partial charge in [-0.15, -0.1) is 11.3 Å². The van der Waals surface area contributed by atoms with Crippen LogP contribution in [0.15, 0.2) is 9.98 Å². The topological polar surface area (TPSA) is 34.1 Å². The standard InChI is InChI=1S/C10H15BrN2OS/c11-9-7-15-10(13-9)12-5-6-14-8-3-1-2-4-8/h7-8H,1-6H2,(H,12,13). The molecule has 2 rings (SSSR count). The van der Waals surface area contributed by atoms with E-state index in [-0.39, 0.29) is 0 Å². The lowest BCUT2D eigenvalue weighted by atomic mass is 10.3. The van der Waals surface area contributed by atoms with Crippen LogP contribution in [-0.4, -0.2) is 24.2 Å². The molecule has 1 aromatic heterocycles. The second-order valence-electron chi connectivity index (χ2n) is 3.68. The number of hydrogen-bond donors (Lipinski definition) is 1. The van der Waals surface area contributed by atoms with Crippen LogP contribution in [0.3, 0.4) is 0 Å². The van der Waals surface area contributed by atoms with Crippen molar-refractivity contribution in [3.05, 3.63) is 9.98 Å². The maximum atomic E-state index is 5.73. The molecule has 1 N–H and O–H groups in total. The van der Waals surface area contributed by atoms with Crippen molar-refractivity contribution in [1.29, 1.82) is 0 Å². The fourth-order valence-corrected chi connectivity index (χ4v) is 2.95. The first-order valence-electron chi connectivity index (χ1n) is 5.31. The Kier molecular flexibility index (Phi) is 4.41. The zero-order valence-electron chi connectivity index (χ0n) is 8.54. The first-order chi connectivity index (χ1) is 7.34. The number of nitrogens with one attached hydrogen (secondary N) is 1. The van der Waals surface area contributed by atoms with Crippen molar-refractivity contribution < 1.29 is 4.74 Å².